The van der Waals surface area contributed by atoms with Crippen molar-refractivity contribution >= 4 is 12.1 Å². The van der Waals surface area contributed by atoms with E-state index in [9.17, 15) is 4.79 Å². The molecule has 0 aliphatic carbocycles. The summed E-state index contributed by atoms with van der Waals surface area (Å²) < 4.78 is 4.61. The van der Waals surface area contributed by atoms with E-state index in [1.165, 1.54) is 6.92 Å². The molecule has 0 bridgehead atoms. The number of esters is 1. The Morgan fingerprint density at radius 2 is 1.55 bits per heavy atom. The first kappa shape index (κ1) is 12.4. The standard InChI is InChI=1S/C5H10O2.CH2O3/c1-4(2)7-5(3)6;2-1(3)4/h4H,1-3H3;(H2,2,3,4). The Balaban J connectivity index is 0. The summed E-state index contributed by atoms with van der Waals surface area (Å²) in [7, 11) is 0. The molecule has 0 amide bonds. The van der Waals surface area contributed by atoms with Crippen molar-refractivity contribution in [2.24, 2.45) is 0 Å². The molecule has 0 aliphatic rings. The van der Waals surface area contributed by atoms with Crippen molar-refractivity contribution in [3.05, 3.63) is 0 Å². The van der Waals surface area contributed by atoms with Crippen molar-refractivity contribution in [3.63, 3.8) is 0 Å². The predicted molar refractivity (Wildman–Crippen MR) is 37.6 cm³/mol. The Kier molecular flexibility index (Phi) is 7.74. The molecule has 0 fully saturated rings. The SMILES string of the molecule is CC(=O)OC(C)C.O=C(O)O. The average molecular weight is 164 g/mol. The molecule has 0 unspecified atom stereocenters. The van der Waals surface area contributed by atoms with E-state index in [0.29, 0.717) is 0 Å². The highest BCUT2D eigenvalue weighted by Gasteiger charge is 1.93. The molecule has 0 aromatic heterocycles. The van der Waals surface area contributed by atoms with E-state index in [-0.39, 0.29) is 12.1 Å². The zero-order valence-corrected chi connectivity index (χ0v) is 6.70. The van der Waals surface area contributed by atoms with E-state index >= 15 is 0 Å². The van der Waals surface area contributed by atoms with E-state index in [2.05, 4.69) is 4.74 Å². The number of ether oxygens (including phenoxy) is 1. The topological polar surface area (TPSA) is 83.8 Å². The fraction of sp³-hybridized carbons (Fsp3) is 0.667. The first-order chi connectivity index (χ1) is 4.86. The van der Waals surface area contributed by atoms with Crippen molar-refractivity contribution in [1.82, 2.24) is 0 Å². The molecule has 11 heavy (non-hydrogen) atoms. The second-order valence-corrected chi connectivity index (χ2v) is 1.94. The fourth-order valence-electron chi connectivity index (χ4n) is 0.332. The third-order valence-corrected chi connectivity index (χ3v) is 0.402. The first-order valence-corrected chi connectivity index (χ1v) is 2.95. The zero-order chi connectivity index (χ0) is 9.44. The summed E-state index contributed by atoms with van der Waals surface area (Å²) in [6.07, 6.45) is -1.81. The summed E-state index contributed by atoms with van der Waals surface area (Å²) in [4.78, 5) is 18.6. The molecule has 0 atom stereocenters. The van der Waals surface area contributed by atoms with Crippen molar-refractivity contribution < 1.29 is 24.5 Å². The molecule has 0 saturated heterocycles. The molecule has 0 spiro atoms. The summed E-state index contributed by atoms with van der Waals surface area (Å²) in [6.45, 7) is 5.04. The molecular weight excluding hydrogens is 152 g/mol. The molecule has 0 radical (unpaired) electrons. The molecule has 0 aromatic rings. The van der Waals surface area contributed by atoms with Gasteiger partial charge in [0.25, 0.3) is 0 Å². The quantitative estimate of drug-likeness (QED) is 0.568. The van der Waals surface area contributed by atoms with Crippen LogP contribution in [-0.4, -0.2) is 28.4 Å². The van der Waals surface area contributed by atoms with Crippen LogP contribution in [0.4, 0.5) is 4.79 Å². The van der Waals surface area contributed by atoms with E-state index in [4.69, 9.17) is 15.0 Å². The number of carbonyl (C=O) groups is 2. The number of hydrogen-bond acceptors (Lipinski definition) is 3. The van der Waals surface area contributed by atoms with E-state index in [1.807, 2.05) is 13.8 Å². The Hall–Kier alpha value is -1.26. The highest BCUT2D eigenvalue weighted by Crippen LogP contribution is 1.85. The molecule has 0 saturated carbocycles. The third kappa shape index (κ3) is 52.9. The van der Waals surface area contributed by atoms with Gasteiger partial charge in [0.2, 0.25) is 0 Å². The molecule has 0 aromatic carbocycles. The van der Waals surface area contributed by atoms with Gasteiger partial charge in [-0.1, -0.05) is 0 Å². The van der Waals surface area contributed by atoms with Crippen LogP contribution in [0.25, 0.3) is 0 Å². The molecule has 2 N–H and O–H groups in total. The summed E-state index contributed by atoms with van der Waals surface area (Å²) in [5.41, 5.74) is 0. The molecule has 0 aliphatic heterocycles. The van der Waals surface area contributed by atoms with Crippen LogP contribution in [0, 0.1) is 0 Å². The lowest BCUT2D eigenvalue weighted by Crippen LogP contribution is -2.06. The number of hydrogen-bond donors (Lipinski definition) is 2. The van der Waals surface area contributed by atoms with Gasteiger partial charge in [-0.05, 0) is 13.8 Å². The fourth-order valence-corrected chi connectivity index (χ4v) is 0.332. The predicted octanol–water partition coefficient (Wildman–Crippen LogP) is 1.18. The molecular formula is C6H12O5. The van der Waals surface area contributed by atoms with Gasteiger partial charge in [0.05, 0.1) is 6.10 Å². The lowest BCUT2D eigenvalue weighted by molar-refractivity contribution is -0.144. The Labute approximate surface area is 64.6 Å². The van der Waals surface area contributed by atoms with E-state index in [1.54, 1.807) is 0 Å². The van der Waals surface area contributed by atoms with Crippen LogP contribution in [0.5, 0.6) is 0 Å². The van der Waals surface area contributed by atoms with Gasteiger partial charge in [0.1, 0.15) is 0 Å². The molecule has 5 heteroatoms. The van der Waals surface area contributed by atoms with Crippen LogP contribution in [-0.2, 0) is 9.53 Å². The minimum absolute atomic E-state index is 0.0255. The lowest BCUT2D eigenvalue weighted by atomic mass is 10.5. The second-order valence-electron chi connectivity index (χ2n) is 1.94. The molecule has 5 nitrogen and oxygen atoms in total. The van der Waals surface area contributed by atoms with Crippen molar-refractivity contribution in [2.45, 2.75) is 26.9 Å². The number of rotatable bonds is 1. The van der Waals surface area contributed by atoms with Gasteiger partial charge in [-0.15, -0.1) is 0 Å². The first-order valence-electron chi connectivity index (χ1n) is 2.95. The van der Waals surface area contributed by atoms with Crippen LogP contribution in [0.15, 0.2) is 0 Å². The maximum Gasteiger partial charge on any atom is 0.503 e. The minimum Gasteiger partial charge on any atom is -0.463 e. The highest BCUT2D eigenvalue weighted by molar-refractivity contribution is 5.66. The van der Waals surface area contributed by atoms with Crippen LogP contribution >= 0.6 is 0 Å². The molecule has 0 heterocycles. The smallest absolute Gasteiger partial charge is 0.463 e. The van der Waals surface area contributed by atoms with Crippen LogP contribution in [0.3, 0.4) is 0 Å². The van der Waals surface area contributed by atoms with Gasteiger partial charge in [-0.2, -0.15) is 0 Å². The largest absolute Gasteiger partial charge is 0.503 e. The van der Waals surface area contributed by atoms with Crippen LogP contribution in [0.1, 0.15) is 20.8 Å². The van der Waals surface area contributed by atoms with E-state index in [0.717, 1.165) is 0 Å². The van der Waals surface area contributed by atoms with Gasteiger partial charge in [0, 0.05) is 6.92 Å². The minimum atomic E-state index is -1.83. The monoisotopic (exact) mass is 164 g/mol. The third-order valence-electron chi connectivity index (χ3n) is 0.402. The highest BCUT2D eigenvalue weighted by atomic mass is 16.6. The second kappa shape index (κ2) is 6.85. The number of carboxylic acid groups (broad SMARTS) is 2. The molecule has 0 rings (SSSR count). The summed E-state index contributed by atoms with van der Waals surface area (Å²) in [6, 6.07) is 0. The van der Waals surface area contributed by atoms with Crippen molar-refractivity contribution in [3.8, 4) is 0 Å². The summed E-state index contributed by atoms with van der Waals surface area (Å²) in [5, 5.41) is 13.9. The maximum atomic E-state index is 10.0. The van der Waals surface area contributed by atoms with Crippen molar-refractivity contribution in [2.75, 3.05) is 0 Å². The average Bonchev–Trinajstić information content (AvgIpc) is 1.56. The van der Waals surface area contributed by atoms with Gasteiger partial charge < -0.3 is 14.9 Å². The Morgan fingerprint density at radius 3 is 1.55 bits per heavy atom. The zero-order valence-electron chi connectivity index (χ0n) is 6.70. The van der Waals surface area contributed by atoms with Gasteiger partial charge in [0.15, 0.2) is 0 Å². The van der Waals surface area contributed by atoms with Gasteiger partial charge in [-0.3, -0.25) is 4.79 Å². The van der Waals surface area contributed by atoms with Crippen LogP contribution < -0.4 is 0 Å². The maximum absolute atomic E-state index is 10.0. The Morgan fingerprint density at radius 1 is 1.27 bits per heavy atom. The van der Waals surface area contributed by atoms with Crippen molar-refractivity contribution in [1.29, 1.82) is 0 Å². The Bertz CT molecular complexity index is 125. The summed E-state index contributed by atoms with van der Waals surface area (Å²) >= 11 is 0. The van der Waals surface area contributed by atoms with Gasteiger partial charge in [-0.25, -0.2) is 4.79 Å². The summed E-state index contributed by atoms with van der Waals surface area (Å²) in [5.74, 6) is -0.213. The lowest BCUT2D eigenvalue weighted by Gasteiger charge is -2.01. The van der Waals surface area contributed by atoms with Crippen LogP contribution in [0.2, 0.25) is 0 Å². The molecule has 66 valence electrons. The number of carbonyl (C=O) groups excluding carboxylic acids is 1. The van der Waals surface area contributed by atoms with Gasteiger partial charge >= 0.3 is 12.1 Å². The van der Waals surface area contributed by atoms with E-state index < -0.39 is 6.16 Å². The normalized spacial score (nSPS) is 8.00.